The fourth-order valence-electron chi connectivity index (χ4n) is 1.88. The Bertz CT molecular complexity index is 675. The smallest absolute Gasteiger partial charge is 0.491 e. The van der Waals surface area contributed by atoms with Gasteiger partial charge < -0.3 is 24.1 Å². The normalized spacial score (nSPS) is 10.7. The average molecular weight is 380 g/mol. The van der Waals surface area contributed by atoms with E-state index in [0.717, 1.165) is 0 Å². The second kappa shape index (κ2) is 10.3. The Morgan fingerprint density at radius 2 is 1.63 bits per heavy atom. The molecule has 0 fully saturated rings. The first-order valence-corrected chi connectivity index (χ1v) is 8.24. The number of hydrogen-bond acceptors (Lipinski definition) is 8. The predicted octanol–water partition coefficient (Wildman–Crippen LogP) is 2.29. The maximum atomic E-state index is 12.5. The number of rotatable bonds is 10. The maximum Gasteiger partial charge on any atom is 0.509 e. The van der Waals surface area contributed by atoms with E-state index in [4.69, 9.17) is 24.1 Å². The van der Waals surface area contributed by atoms with E-state index in [2.05, 4.69) is 6.58 Å². The van der Waals surface area contributed by atoms with Gasteiger partial charge in [0.2, 0.25) is 5.78 Å². The second-order valence-electron chi connectivity index (χ2n) is 6.05. The highest BCUT2D eigenvalue weighted by Gasteiger charge is 2.33. The molecule has 0 radical (unpaired) electrons. The van der Waals surface area contributed by atoms with Gasteiger partial charge in [-0.2, -0.15) is 0 Å². The third-order valence-corrected chi connectivity index (χ3v) is 3.25. The summed E-state index contributed by atoms with van der Waals surface area (Å²) in [4.78, 5) is 35.5. The fraction of sp³-hybridized carbons (Fsp3) is 0.421. The van der Waals surface area contributed by atoms with Crippen molar-refractivity contribution in [3.8, 4) is 5.75 Å². The molecular formula is C19H24O8. The highest BCUT2D eigenvalue weighted by atomic mass is 16.7. The van der Waals surface area contributed by atoms with Gasteiger partial charge >= 0.3 is 12.1 Å². The predicted molar refractivity (Wildman–Crippen MR) is 95.6 cm³/mol. The largest absolute Gasteiger partial charge is 0.509 e. The standard InChI is InChI=1S/C19H24O8/c1-13(2)17(22)25-11-12-26-18(23)27-19(3,4)16(21)14-5-7-15(8-6-14)24-10-9-20/h5-8,20H,1,9-12H2,2-4H3. The minimum Gasteiger partial charge on any atom is -0.491 e. The van der Waals surface area contributed by atoms with E-state index >= 15 is 0 Å². The van der Waals surface area contributed by atoms with Crippen LogP contribution < -0.4 is 4.74 Å². The van der Waals surface area contributed by atoms with Crippen LogP contribution in [0.5, 0.6) is 5.75 Å². The van der Waals surface area contributed by atoms with Crippen LogP contribution in [-0.4, -0.2) is 55.0 Å². The summed E-state index contributed by atoms with van der Waals surface area (Å²) in [5.74, 6) is -0.515. The summed E-state index contributed by atoms with van der Waals surface area (Å²) in [5, 5.41) is 8.72. The second-order valence-corrected chi connectivity index (χ2v) is 6.05. The molecule has 8 heteroatoms. The molecular weight excluding hydrogens is 356 g/mol. The Hall–Kier alpha value is -2.87. The molecule has 148 valence electrons. The van der Waals surface area contributed by atoms with Crippen LogP contribution in [0.25, 0.3) is 0 Å². The van der Waals surface area contributed by atoms with Crippen molar-refractivity contribution in [2.45, 2.75) is 26.4 Å². The molecule has 0 spiro atoms. The number of aliphatic hydroxyl groups excluding tert-OH is 1. The van der Waals surface area contributed by atoms with Crippen molar-refractivity contribution in [3.05, 3.63) is 42.0 Å². The minimum absolute atomic E-state index is 0.115. The Morgan fingerprint density at radius 3 is 2.19 bits per heavy atom. The molecule has 0 aromatic heterocycles. The van der Waals surface area contributed by atoms with Crippen LogP contribution in [0.3, 0.4) is 0 Å². The SMILES string of the molecule is C=C(C)C(=O)OCCOC(=O)OC(C)(C)C(=O)c1ccc(OCCO)cc1. The number of benzene rings is 1. The molecule has 1 aromatic rings. The summed E-state index contributed by atoms with van der Waals surface area (Å²) in [6.45, 7) is 7.47. The van der Waals surface area contributed by atoms with E-state index in [1.54, 1.807) is 12.1 Å². The van der Waals surface area contributed by atoms with Gasteiger partial charge in [-0.1, -0.05) is 6.58 Å². The lowest BCUT2D eigenvalue weighted by Gasteiger charge is -2.23. The zero-order chi connectivity index (χ0) is 20.4. The highest BCUT2D eigenvalue weighted by molar-refractivity contribution is 6.02. The molecule has 8 nitrogen and oxygen atoms in total. The summed E-state index contributed by atoms with van der Waals surface area (Å²) < 4.78 is 19.9. The number of aliphatic hydroxyl groups is 1. The molecule has 0 heterocycles. The van der Waals surface area contributed by atoms with E-state index in [-0.39, 0.29) is 32.0 Å². The van der Waals surface area contributed by atoms with Crippen molar-refractivity contribution in [2.24, 2.45) is 0 Å². The molecule has 0 aliphatic carbocycles. The Balaban J connectivity index is 2.52. The summed E-state index contributed by atoms with van der Waals surface area (Å²) in [6.07, 6.45) is -1.05. The van der Waals surface area contributed by atoms with E-state index in [1.165, 1.54) is 32.9 Å². The molecule has 1 rings (SSSR count). The van der Waals surface area contributed by atoms with Gasteiger partial charge in [0.1, 0.15) is 25.6 Å². The molecule has 0 saturated heterocycles. The van der Waals surface area contributed by atoms with Crippen molar-refractivity contribution in [2.75, 3.05) is 26.4 Å². The Morgan fingerprint density at radius 1 is 1.04 bits per heavy atom. The average Bonchev–Trinajstić information content (AvgIpc) is 2.62. The van der Waals surface area contributed by atoms with Gasteiger partial charge in [0, 0.05) is 11.1 Å². The molecule has 1 N–H and O–H groups in total. The molecule has 0 bridgehead atoms. The molecule has 1 aromatic carbocycles. The van der Waals surface area contributed by atoms with Crippen LogP contribution in [0.15, 0.2) is 36.4 Å². The highest BCUT2D eigenvalue weighted by Crippen LogP contribution is 2.20. The Labute approximate surface area is 157 Å². The lowest BCUT2D eigenvalue weighted by Crippen LogP contribution is -2.37. The third-order valence-electron chi connectivity index (χ3n) is 3.25. The van der Waals surface area contributed by atoms with Gasteiger partial charge in [-0.3, -0.25) is 4.79 Å². The van der Waals surface area contributed by atoms with Crippen LogP contribution in [-0.2, 0) is 19.0 Å². The van der Waals surface area contributed by atoms with E-state index in [1.807, 2.05) is 0 Å². The van der Waals surface area contributed by atoms with E-state index in [0.29, 0.717) is 11.3 Å². The van der Waals surface area contributed by atoms with Gasteiger partial charge in [0.05, 0.1) is 6.61 Å². The molecule has 0 saturated carbocycles. The van der Waals surface area contributed by atoms with Crippen LogP contribution in [0.1, 0.15) is 31.1 Å². The van der Waals surface area contributed by atoms with Crippen molar-refractivity contribution in [3.63, 3.8) is 0 Å². The van der Waals surface area contributed by atoms with Crippen LogP contribution in [0.2, 0.25) is 0 Å². The van der Waals surface area contributed by atoms with Gasteiger partial charge in [-0.25, -0.2) is 9.59 Å². The van der Waals surface area contributed by atoms with Crippen LogP contribution in [0.4, 0.5) is 4.79 Å². The summed E-state index contributed by atoms with van der Waals surface area (Å²) in [5.41, 5.74) is -0.907. The quantitative estimate of drug-likeness (QED) is 0.285. The molecule has 0 aliphatic rings. The minimum atomic E-state index is -1.46. The van der Waals surface area contributed by atoms with Crippen molar-refractivity contribution in [1.82, 2.24) is 0 Å². The molecule has 0 unspecified atom stereocenters. The van der Waals surface area contributed by atoms with Crippen LogP contribution in [0, 0.1) is 0 Å². The van der Waals surface area contributed by atoms with E-state index < -0.39 is 23.5 Å². The number of carbonyl (C=O) groups is 3. The topological polar surface area (TPSA) is 108 Å². The molecule has 0 aliphatic heterocycles. The molecule has 0 atom stereocenters. The summed E-state index contributed by atoms with van der Waals surface area (Å²) in [7, 11) is 0. The number of ether oxygens (including phenoxy) is 4. The summed E-state index contributed by atoms with van der Waals surface area (Å²) in [6, 6.07) is 6.21. The van der Waals surface area contributed by atoms with Crippen molar-refractivity contribution in [1.29, 1.82) is 0 Å². The first-order valence-electron chi connectivity index (χ1n) is 8.24. The zero-order valence-corrected chi connectivity index (χ0v) is 15.6. The van der Waals surface area contributed by atoms with Crippen LogP contribution >= 0.6 is 0 Å². The third kappa shape index (κ3) is 7.49. The fourth-order valence-corrected chi connectivity index (χ4v) is 1.88. The number of esters is 1. The van der Waals surface area contributed by atoms with Crippen molar-refractivity contribution < 1.29 is 38.4 Å². The zero-order valence-electron chi connectivity index (χ0n) is 15.6. The van der Waals surface area contributed by atoms with E-state index in [9.17, 15) is 14.4 Å². The molecule has 0 amide bonds. The number of ketones is 1. The lowest BCUT2D eigenvalue weighted by molar-refractivity contribution is -0.140. The number of hydrogen-bond donors (Lipinski definition) is 1. The monoisotopic (exact) mass is 380 g/mol. The first-order chi connectivity index (χ1) is 12.7. The maximum absolute atomic E-state index is 12.5. The Kier molecular flexibility index (Phi) is 8.47. The number of carbonyl (C=O) groups excluding carboxylic acids is 3. The lowest BCUT2D eigenvalue weighted by atomic mass is 9.96. The summed E-state index contributed by atoms with van der Waals surface area (Å²) >= 11 is 0. The van der Waals surface area contributed by atoms with Gasteiger partial charge in [-0.15, -0.1) is 0 Å². The molecule has 27 heavy (non-hydrogen) atoms. The van der Waals surface area contributed by atoms with Crippen molar-refractivity contribution >= 4 is 17.9 Å². The first kappa shape index (κ1) is 22.2. The van der Waals surface area contributed by atoms with Gasteiger partial charge in [0.25, 0.3) is 0 Å². The van der Waals surface area contributed by atoms with Gasteiger partial charge in [0.15, 0.2) is 5.60 Å². The number of Topliss-reactive ketones (excluding diaryl/α,β-unsaturated/α-hetero) is 1. The van der Waals surface area contributed by atoms with Gasteiger partial charge in [-0.05, 0) is 45.0 Å².